The van der Waals surface area contributed by atoms with E-state index < -0.39 is 6.10 Å². The number of carbonyl (C=O) groups excluding carboxylic acids is 1. The minimum Gasteiger partial charge on any atom is -0.393 e. The average Bonchev–Trinajstić information content (AvgIpc) is 2.85. The Morgan fingerprint density at radius 3 is 2.86 bits per heavy atom. The SMILES string of the molecule is Cc1ccsc1-c1cccc(NC(=O)NCCC(C)O)c1. The van der Waals surface area contributed by atoms with E-state index >= 15 is 0 Å². The smallest absolute Gasteiger partial charge is 0.319 e. The zero-order valence-electron chi connectivity index (χ0n) is 12.2. The van der Waals surface area contributed by atoms with Crippen molar-refractivity contribution < 1.29 is 9.90 Å². The van der Waals surface area contributed by atoms with E-state index in [0.717, 1.165) is 11.3 Å². The van der Waals surface area contributed by atoms with Crippen molar-refractivity contribution in [2.24, 2.45) is 0 Å². The zero-order valence-corrected chi connectivity index (χ0v) is 13.0. The molecule has 5 heteroatoms. The molecule has 1 aromatic heterocycles. The summed E-state index contributed by atoms with van der Waals surface area (Å²) in [7, 11) is 0. The molecule has 1 unspecified atom stereocenters. The summed E-state index contributed by atoms with van der Waals surface area (Å²) in [5.74, 6) is 0. The molecule has 0 fully saturated rings. The Balaban J connectivity index is 1.98. The van der Waals surface area contributed by atoms with Gasteiger partial charge in [-0.15, -0.1) is 11.3 Å². The molecule has 3 N–H and O–H groups in total. The van der Waals surface area contributed by atoms with E-state index in [1.165, 1.54) is 10.4 Å². The van der Waals surface area contributed by atoms with Crippen LogP contribution in [0, 0.1) is 6.92 Å². The fourth-order valence-electron chi connectivity index (χ4n) is 1.98. The predicted molar refractivity (Wildman–Crippen MR) is 87.8 cm³/mol. The van der Waals surface area contributed by atoms with Crippen LogP contribution in [0.3, 0.4) is 0 Å². The van der Waals surface area contributed by atoms with Crippen molar-refractivity contribution in [1.82, 2.24) is 5.32 Å². The Kier molecular flexibility index (Phi) is 5.36. The van der Waals surface area contributed by atoms with E-state index in [1.54, 1.807) is 18.3 Å². The number of nitrogens with one attached hydrogen (secondary N) is 2. The van der Waals surface area contributed by atoms with Gasteiger partial charge in [-0.25, -0.2) is 4.79 Å². The van der Waals surface area contributed by atoms with Crippen LogP contribution < -0.4 is 10.6 Å². The van der Waals surface area contributed by atoms with Crippen LogP contribution in [-0.2, 0) is 0 Å². The maximum absolute atomic E-state index is 11.8. The molecule has 0 bridgehead atoms. The van der Waals surface area contributed by atoms with Gasteiger partial charge < -0.3 is 15.7 Å². The highest BCUT2D eigenvalue weighted by Crippen LogP contribution is 2.30. The fraction of sp³-hybridized carbons (Fsp3) is 0.312. The molecule has 1 aromatic carbocycles. The van der Waals surface area contributed by atoms with Gasteiger partial charge in [0.1, 0.15) is 0 Å². The van der Waals surface area contributed by atoms with Crippen LogP contribution in [0.4, 0.5) is 10.5 Å². The van der Waals surface area contributed by atoms with E-state index in [9.17, 15) is 4.79 Å². The normalized spacial score (nSPS) is 12.0. The molecule has 2 amide bonds. The number of hydrogen-bond acceptors (Lipinski definition) is 3. The van der Waals surface area contributed by atoms with E-state index in [1.807, 2.05) is 24.3 Å². The van der Waals surface area contributed by atoms with Crippen molar-refractivity contribution in [3.8, 4) is 10.4 Å². The lowest BCUT2D eigenvalue weighted by Crippen LogP contribution is -2.30. The third-order valence-corrected chi connectivity index (χ3v) is 4.16. The third kappa shape index (κ3) is 4.58. The molecular formula is C16H20N2O2S. The second-order valence-electron chi connectivity index (χ2n) is 5.03. The van der Waals surface area contributed by atoms with Crippen LogP contribution >= 0.6 is 11.3 Å². The van der Waals surface area contributed by atoms with Crippen LogP contribution in [0.1, 0.15) is 18.9 Å². The van der Waals surface area contributed by atoms with Crippen molar-refractivity contribution in [2.75, 3.05) is 11.9 Å². The first-order valence-corrected chi connectivity index (χ1v) is 7.81. The molecule has 1 heterocycles. The maximum atomic E-state index is 11.8. The number of aliphatic hydroxyl groups excluding tert-OH is 1. The number of carbonyl (C=O) groups is 1. The van der Waals surface area contributed by atoms with Gasteiger partial charge >= 0.3 is 6.03 Å². The molecule has 1 atom stereocenters. The molecule has 0 aliphatic rings. The molecule has 2 rings (SSSR count). The Hall–Kier alpha value is -1.85. The van der Waals surface area contributed by atoms with Crippen molar-refractivity contribution in [1.29, 1.82) is 0 Å². The summed E-state index contributed by atoms with van der Waals surface area (Å²) >= 11 is 1.69. The summed E-state index contributed by atoms with van der Waals surface area (Å²) in [6.07, 6.45) is 0.136. The number of aliphatic hydroxyl groups is 1. The lowest BCUT2D eigenvalue weighted by Gasteiger charge is -2.09. The van der Waals surface area contributed by atoms with Crippen molar-refractivity contribution in [3.05, 3.63) is 41.3 Å². The highest BCUT2D eigenvalue weighted by Gasteiger charge is 2.06. The minimum atomic E-state index is -0.407. The van der Waals surface area contributed by atoms with Crippen LogP contribution in [0.2, 0.25) is 0 Å². The fourth-order valence-corrected chi connectivity index (χ4v) is 2.90. The molecule has 4 nitrogen and oxygen atoms in total. The summed E-state index contributed by atoms with van der Waals surface area (Å²) in [6.45, 7) is 4.23. The highest BCUT2D eigenvalue weighted by molar-refractivity contribution is 7.13. The van der Waals surface area contributed by atoms with Gasteiger partial charge in [-0.05, 0) is 55.0 Å². The first-order valence-electron chi connectivity index (χ1n) is 6.93. The van der Waals surface area contributed by atoms with Gasteiger partial charge in [-0.2, -0.15) is 0 Å². The quantitative estimate of drug-likeness (QED) is 0.790. The highest BCUT2D eigenvalue weighted by atomic mass is 32.1. The first kappa shape index (κ1) is 15.5. The van der Waals surface area contributed by atoms with Crippen LogP contribution in [0.25, 0.3) is 10.4 Å². The summed E-state index contributed by atoms with van der Waals surface area (Å²) in [4.78, 5) is 13.0. The number of benzene rings is 1. The summed E-state index contributed by atoms with van der Waals surface area (Å²) in [5, 5.41) is 16.7. The molecule has 0 radical (unpaired) electrons. The molecule has 112 valence electrons. The molecule has 0 spiro atoms. The number of thiophene rings is 1. The lowest BCUT2D eigenvalue weighted by molar-refractivity contribution is 0.184. The zero-order chi connectivity index (χ0) is 15.2. The van der Waals surface area contributed by atoms with Crippen LogP contribution in [-0.4, -0.2) is 23.8 Å². The molecule has 2 aromatic rings. The average molecular weight is 304 g/mol. The lowest BCUT2D eigenvalue weighted by atomic mass is 10.1. The van der Waals surface area contributed by atoms with Gasteiger partial charge in [0, 0.05) is 17.1 Å². The molecule has 0 saturated heterocycles. The Morgan fingerprint density at radius 2 is 2.19 bits per heavy atom. The number of amides is 2. The number of urea groups is 1. The van der Waals surface area contributed by atoms with Gasteiger partial charge in [0.25, 0.3) is 0 Å². The van der Waals surface area contributed by atoms with E-state index in [4.69, 9.17) is 5.11 Å². The molecule has 21 heavy (non-hydrogen) atoms. The number of aryl methyl sites for hydroxylation is 1. The van der Waals surface area contributed by atoms with Gasteiger partial charge in [-0.3, -0.25) is 0 Å². The predicted octanol–water partition coefficient (Wildman–Crippen LogP) is 3.62. The summed E-state index contributed by atoms with van der Waals surface area (Å²) in [5.41, 5.74) is 3.10. The van der Waals surface area contributed by atoms with Gasteiger partial charge in [0.15, 0.2) is 0 Å². The van der Waals surface area contributed by atoms with Crippen LogP contribution in [0.5, 0.6) is 0 Å². The largest absolute Gasteiger partial charge is 0.393 e. The summed E-state index contributed by atoms with van der Waals surface area (Å²) < 4.78 is 0. The Bertz CT molecular complexity index is 608. The van der Waals surface area contributed by atoms with Crippen molar-refractivity contribution in [2.45, 2.75) is 26.4 Å². The van der Waals surface area contributed by atoms with Crippen LogP contribution in [0.15, 0.2) is 35.7 Å². The standard InChI is InChI=1S/C16H20N2O2S/c1-11-7-9-21-15(11)13-4-3-5-14(10-13)18-16(20)17-8-6-12(2)19/h3-5,7,9-10,12,19H,6,8H2,1-2H3,(H2,17,18,20). The van der Waals surface area contributed by atoms with E-state index in [2.05, 4.69) is 29.0 Å². The topological polar surface area (TPSA) is 61.4 Å². The Labute approximate surface area is 128 Å². The van der Waals surface area contributed by atoms with Crippen molar-refractivity contribution >= 4 is 23.1 Å². The number of anilines is 1. The Morgan fingerprint density at radius 1 is 1.38 bits per heavy atom. The second-order valence-corrected chi connectivity index (χ2v) is 5.95. The van der Waals surface area contributed by atoms with Gasteiger partial charge in [-0.1, -0.05) is 12.1 Å². The molecule has 0 aliphatic heterocycles. The number of rotatable bonds is 5. The monoisotopic (exact) mass is 304 g/mol. The van der Waals surface area contributed by atoms with Crippen molar-refractivity contribution in [3.63, 3.8) is 0 Å². The summed E-state index contributed by atoms with van der Waals surface area (Å²) in [6, 6.07) is 9.63. The maximum Gasteiger partial charge on any atom is 0.319 e. The minimum absolute atomic E-state index is 0.254. The first-order chi connectivity index (χ1) is 10.1. The second kappa shape index (κ2) is 7.24. The third-order valence-electron chi connectivity index (χ3n) is 3.09. The van der Waals surface area contributed by atoms with E-state index in [-0.39, 0.29) is 6.03 Å². The number of hydrogen-bond donors (Lipinski definition) is 3. The van der Waals surface area contributed by atoms with Gasteiger partial charge in [0.05, 0.1) is 6.10 Å². The van der Waals surface area contributed by atoms with Gasteiger partial charge in [0.2, 0.25) is 0 Å². The molecule has 0 saturated carbocycles. The van der Waals surface area contributed by atoms with E-state index in [0.29, 0.717) is 13.0 Å². The molecule has 0 aliphatic carbocycles. The molecular weight excluding hydrogens is 284 g/mol.